The number of nitrogens with zero attached hydrogens (tertiary/aromatic N) is 2. The normalized spacial score (nSPS) is 8.21. The Morgan fingerprint density at radius 3 is 2.64 bits per heavy atom. The van der Waals surface area contributed by atoms with E-state index in [0.717, 1.165) is 11.3 Å². The molecule has 0 aliphatic heterocycles. The van der Waals surface area contributed by atoms with Crippen LogP contribution in [0.2, 0.25) is 0 Å². The molecule has 0 spiro atoms. The van der Waals surface area contributed by atoms with Crippen LogP contribution in [0.3, 0.4) is 0 Å². The first kappa shape index (κ1) is 9.83. The maximum Gasteiger partial charge on any atom is 0.145 e. The Morgan fingerprint density at radius 1 is 1.36 bits per heavy atom. The number of aryl methyl sites for hydroxylation is 1. The summed E-state index contributed by atoms with van der Waals surface area (Å²) in [4.78, 5) is 0. The minimum absolute atomic E-state index is 0.0616. The predicted octanol–water partition coefficient (Wildman–Crippen LogP) is 2.34. The zero-order valence-corrected chi connectivity index (χ0v) is 7.78. The van der Waals surface area contributed by atoms with Gasteiger partial charge < -0.3 is 5.32 Å². The van der Waals surface area contributed by atoms with Crippen LogP contribution in [0.1, 0.15) is 5.56 Å². The first-order chi connectivity index (χ1) is 6.76. The van der Waals surface area contributed by atoms with E-state index < -0.39 is 0 Å². The molecule has 0 radical (unpaired) electrons. The van der Waals surface area contributed by atoms with Crippen molar-refractivity contribution >= 4 is 5.69 Å². The summed E-state index contributed by atoms with van der Waals surface area (Å²) in [5.74, 6) is 0. The van der Waals surface area contributed by atoms with Crippen molar-refractivity contribution in [3.05, 3.63) is 41.6 Å². The average molecular weight is 183 g/mol. The van der Waals surface area contributed by atoms with Crippen molar-refractivity contribution in [2.45, 2.75) is 6.92 Å². The fraction of sp³-hybridized carbons (Fsp3) is 0.0909. The van der Waals surface area contributed by atoms with E-state index in [-0.39, 0.29) is 5.57 Å². The molecule has 0 unspecified atom stereocenters. The van der Waals surface area contributed by atoms with Crippen molar-refractivity contribution in [3.63, 3.8) is 0 Å². The number of nitrogens with one attached hydrogen (secondary N) is 1. The van der Waals surface area contributed by atoms with E-state index in [1.807, 2.05) is 31.2 Å². The van der Waals surface area contributed by atoms with E-state index in [9.17, 15) is 0 Å². The first-order valence-electron chi connectivity index (χ1n) is 4.10. The lowest BCUT2D eigenvalue weighted by Gasteiger charge is -2.00. The number of anilines is 1. The Balaban J connectivity index is 2.77. The topological polar surface area (TPSA) is 59.6 Å². The van der Waals surface area contributed by atoms with Gasteiger partial charge in [-0.15, -0.1) is 0 Å². The number of rotatable bonds is 2. The molecule has 0 aromatic heterocycles. The lowest BCUT2D eigenvalue weighted by Crippen LogP contribution is -1.89. The van der Waals surface area contributed by atoms with Crippen LogP contribution in [0.15, 0.2) is 36.0 Å². The van der Waals surface area contributed by atoms with E-state index >= 15 is 0 Å². The number of hydrogen-bond donors (Lipinski definition) is 1. The molecular weight excluding hydrogens is 174 g/mol. The molecule has 1 rings (SSSR count). The summed E-state index contributed by atoms with van der Waals surface area (Å²) in [5, 5.41) is 19.8. The summed E-state index contributed by atoms with van der Waals surface area (Å²) in [5.41, 5.74) is 2.05. The van der Waals surface area contributed by atoms with Gasteiger partial charge in [-0.2, -0.15) is 10.5 Å². The molecule has 0 amide bonds. The summed E-state index contributed by atoms with van der Waals surface area (Å²) in [6, 6.07) is 11.2. The van der Waals surface area contributed by atoms with Gasteiger partial charge in [0.2, 0.25) is 0 Å². The van der Waals surface area contributed by atoms with Crippen LogP contribution in [-0.2, 0) is 0 Å². The lowest BCUT2D eigenvalue weighted by molar-refractivity contribution is 1.43. The molecule has 3 nitrogen and oxygen atoms in total. The van der Waals surface area contributed by atoms with Crippen molar-refractivity contribution in [1.29, 1.82) is 10.5 Å². The minimum atomic E-state index is 0.0616. The molecular formula is C11H9N3. The largest absolute Gasteiger partial charge is 0.360 e. The summed E-state index contributed by atoms with van der Waals surface area (Å²) < 4.78 is 0. The lowest BCUT2D eigenvalue weighted by atomic mass is 10.2. The van der Waals surface area contributed by atoms with Gasteiger partial charge >= 0.3 is 0 Å². The second-order valence-corrected chi connectivity index (χ2v) is 2.80. The van der Waals surface area contributed by atoms with Gasteiger partial charge in [-0.1, -0.05) is 12.1 Å². The Kier molecular flexibility index (Phi) is 3.29. The van der Waals surface area contributed by atoms with Crippen LogP contribution < -0.4 is 5.32 Å². The standard InChI is InChI=1S/C11H9N3/c1-9-3-2-4-11(5-9)14-8-10(6-12)7-13/h2-5,8,14H,1H3. The smallest absolute Gasteiger partial charge is 0.145 e. The van der Waals surface area contributed by atoms with Crippen LogP contribution in [0.25, 0.3) is 0 Å². The second kappa shape index (κ2) is 4.69. The van der Waals surface area contributed by atoms with Gasteiger partial charge in [0, 0.05) is 11.9 Å². The van der Waals surface area contributed by atoms with Crippen LogP contribution in [-0.4, -0.2) is 0 Å². The Morgan fingerprint density at radius 2 is 2.07 bits per heavy atom. The fourth-order valence-electron chi connectivity index (χ4n) is 0.980. The van der Waals surface area contributed by atoms with Gasteiger partial charge in [-0.05, 0) is 24.6 Å². The average Bonchev–Trinajstić information content (AvgIpc) is 2.19. The van der Waals surface area contributed by atoms with E-state index in [1.54, 1.807) is 12.1 Å². The number of hydrogen-bond acceptors (Lipinski definition) is 3. The molecule has 0 saturated heterocycles. The van der Waals surface area contributed by atoms with Gasteiger partial charge in [0.15, 0.2) is 0 Å². The molecule has 14 heavy (non-hydrogen) atoms. The van der Waals surface area contributed by atoms with E-state index in [4.69, 9.17) is 10.5 Å². The Hall–Kier alpha value is -2.26. The summed E-state index contributed by atoms with van der Waals surface area (Å²) in [7, 11) is 0. The molecule has 3 heteroatoms. The second-order valence-electron chi connectivity index (χ2n) is 2.80. The highest BCUT2D eigenvalue weighted by molar-refractivity contribution is 5.50. The third-order valence-electron chi connectivity index (χ3n) is 1.64. The van der Waals surface area contributed by atoms with Gasteiger partial charge in [-0.3, -0.25) is 0 Å². The molecule has 0 atom stereocenters. The van der Waals surface area contributed by atoms with E-state index in [2.05, 4.69) is 5.32 Å². The van der Waals surface area contributed by atoms with Gasteiger partial charge in [0.25, 0.3) is 0 Å². The SMILES string of the molecule is Cc1cccc(NC=C(C#N)C#N)c1. The number of allylic oxidation sites excluding steroid dienone is 1. The highest BCUT2D eigenvalue weighted by atomic mass is 14.8. The molecule has 1 aromatic carbocycles. The van der Waals surface area contributed by atoms with Gasteiger partial charge in [0.05, 0.1) is 0 Å². The molecule has 0 bridgehead atoms. The molecule has 1 N–H and O–H groups in total. The summed E-state index contributed by atoms with van der Waals surface area (Å²) >= 11 is 0. The molecule has 0 aliphatic rings. The predicted molar refractivity (Wildman–Crippen MR) is 54.1 cm³/mol. The van der Waals surface area contributed by atoms with Crippen LogP contribution in [0.5, 0.6) is 0 Å². The van der Waals surface area contributed by atoms with Crippen molar-refractivity contribution in [2.24, 2.45) is 0 Å². The van der Waals surface area contributed by atoms with Crippen molar-refractivity contribution in [1.82, 2.24) is 0 Å². The molecule has 0 aliphatic carbocycles. The maximum atomic E-state index is 8.48. The summed E-state index contributed by atoms with van der Waals surface area (Å²) in [6.07, 6.45) is 1.40. The molecule has 0 saturated carbocycles. The van der Waals surface area contributed by atoms with E-state index in [0.29, 0.717) is 0 Å². The highest BCUT2D eigenvalue weighted by Gasteiger charge is 1.92. The monoisotopic (exact) mass is 183 g/mol. The maximum absolute atomic E-state index is 8.48. The van der Waals surface area contributed by atoms with Crippen LogP contribution in [0, 0.1) is 29.6 Å². The van der Waals surface area contributed by atoms with Gasteiger partial charge in [-0.25, -0.2) is 0 Å². The van der Waals surface area contributed by atoms with Crippen LogP contribution >= 0.6 is 0 Å². The molecule has 1 aromatic rings. The van der Waals surface area contributed by atoms with E-state index in [1.165, 1.54) is 6.20 Å². The fourth-order valence-corrected chi connectivity index (χ4v) is 0.980. The van der Waals surface area contributed by atoms with Crippen molar-refractivity contribution < 1.29 is 0 Å². The minimum Gasteiger partial charge on any atom is -0.360 e. The molecule has 0 fully saturated rings. The number of nitriles is 2. The Bertz CT molecular complexity index is 417. The summed E-state index contributed by atoms with van der Waals surface area (Å²) in [6.45, 7) is 1.98. The quantitative estimate of drug-likeness (QED) is 0.716. The third kappa shape index (κ3) is 2.66. The zero-order valence-electron chi connectivity index (χ0n) is 7.78. The van der Waals surface area contributed by atoms with Gasteiger partial charge in [0.1, 0.15) is 17.7 Å². The highest BCUT2D eigenvalue weighted by Crippen LogP contribution is 2.09. The first-order valence-corrected chi connectivity index (χ1v) is 4.10. The number of benzene rings is 1. The van der Waals surface area contributed by atoms with Crippen molar-refractivity contribution in [2.75, 3.05) is 5.32 Å². The van der Waals surface area contributed by atoms with Crippen molar-refractivity contribution in [3.8, 4) is 12.1 Å². The third-order valence-corrected chi connectivity index (χ3v) is 1.64. The zero-order chi connectivity index (χ0) is 10.4. The van der Waals surface area contributed by atoms with Crippen LogP contribution in [0.4, 0.5) is 5.69 Å². The Labute approximate surface area is 82.9 Å². The molecule has 0 heterocycles. The molecule has 68 valence electrons.